The second-order valence-corrected chi connectivity index (χ2v) is 8.79. The first-order valence-electron chi connectivity index (χ1n) is 10.3. The monoisotopic (exact) mass is 406 g/mol. The number of pyridine rings is 1. The Kier molecular flexibility index (Phi) is 6.55. The van der Waals surface area contributed by atoms with E-state index in [0.29, 0.717) is 12.2 Å². The number of piperidine rings is 1. The van der Waals surface area contributed by atoms with E-state index >= 15 is 0 Å². The van der Waals surface area contributed by atoms with Crippen LogP contribution in [0.1, 0.15) is 44.7 Å². The number of amides is 2. The number of rotatable bonds is 5. The first-order valence-corrected chi connectivity index (χ1v) is 10.3. The summed E-state index contributed by atoms with van der Waals surface area (Å²) in [6.07, 6.45) is 6.68. The van der Waals surface area contributed by atoms with Gasteiger partial charge in [-0.1, -0.05) is 45.0 Å². The van der Waals surface area contributed by atoms with Gasteiger partial charge in [-0.3, -0.25) is 9.59 Å². The molecule has 1 aromatic carbocycles. The van der Waals surface area contributed by atoms with Gasteiger partial charge in [0, 0.05) is 19.2 Å². The number of hydrogen-bond acceptors (Lipinski definition) is 4. The Morgan fingerprint density at radius 1 is 1.17 bits per heavy atom. The number of hydrogen-bond donors (Lipinski definition) is 2. The van der Waals surface area contributed by atoms with Gasteiger partial charge in [-0.2, -0.15) is 0 Å². The van der Waals surface area contributed by atoms with E-state index in [1.165, 1.54) is 11.6 Å². The number of anilines is 2. The minimum atomic E-state index is -0.261. The summed E-state index contributed by atoms with van der Waals surface area (Å²) in [4.78, 5) is 30.2. The summed E-state index contributed by atoms with van der Waals surface area (Å²) in [6.45, 7) is 7.95. The van der Waals surface area contributed by atoms with E-state index in [2.05, 4.69) is 48.1 Å². The van der Waals surface area contributed by atoms with Crippen LogP contribution in [0.25, 0.3) is 6.08 Å². The molecule has 0 radical (unpaired) electrons. The highest BCUT2D eigenvalue weighted by molar-refractivity contribution is 6.01. The van der Waals surface area contributed by atoms with E-state index in [1.807, 2.05) is 24.3 Å². The molecule has 1 aromatic heterocycles. The van der Waals surface area contributed by atoms with Gasteiger partial charge in [-0.15, -0.1) is 0 Å². The zero-order valence-corrected chi connectivity index (χ0v) is 17.9. The van der Waals surface area contributed by atoms with Crippen LogP contribution in [0.15, 0.2) is 48.7 Å². The molecule has 30 heavy (non-hydrogen) atoms. The van der Waals surface area contributed by atoms with Gasteiger partial charge in [0.1, 0.15) is 5.82 Å². The van der Waals surface area contributed by atoms with Crippen molar-refractivity contribution in [1.82, 2.24) is 4.98 Å². The van der Waals surface area contributed by atoms with E-state index in [0.717, 1.165) is 30.8 Å². The van der Waals surface area contributed by atoms with Crippen LogP contribution in [-0.2, 0) is 15.0 Å². The molecule has 2 amide bonds. The van der Waals surface area contributed by atoms with E-state index < -0.39 is 0 Å². The van der Waals surface area contributed by atoms with Gasteiger partial charge in [0.05, 0.1) is 17.8 Å². The Bertz CT molecular complexity index is 912. The molecule has 2 heterocycles. The number of primary amides is 1. The SMILES string of the molecule is CC(C)(C)c1ccc(/C=C/C(=O)Nc2ccc(N3CCCC(C(N)=O)C3)nc2)cc1. The summed E-state index contributed by atoms with van der Waals surface area (Å²) >= 11 is 0. The van der Waals surface area contributed by atoms with Gasteiger partial charge in [0.2, 0.25) is 11.8 Å². The normalized spacial score (nSPS) is 17.2. The summed E-state index contributed by atoms with van der Waals surface area (Å²) in [7, 11) is 0. The smallest absolute Gasteiger partial charge is 0.248 e. The lowest BCUT2D eigenvalue weighted by Gasteiger charge is -2.32. The minimum absolute atomic E-state index is 0.105. The average molecular weight is 407 g/mol. The Morgan fingerprint density at radius 3 is 2.50 bits per heavy atom. The van der Waals surface area contributed by atoms with Crippen molar-refractivity contribution in [3.8, 4) is 0 Å². The third kappa shape index (κ3) is 5.69. The predicted molar refractivity (Wildman–Crippen MR) is 121 cm³/mol. The van der Waals surface area contributed by atoms with Crippen molar-refractivity contribution in [3.05, 3.63) is 59.8 Å². The number of nitrogens with two attached hydrogens (primary N) is 1. The number of benzene rings is 1. The summed E-state index contributed by atoms with van der Waals surface area (Å²) in [5.41, 5.74) is 8.40. The zero-order valence-electron chi connectivity index (χ0n) is 17.9. The topological polar surface area (TPSA) is 88.3 Å². The second-order valence-electron chi connectivity index (χ2n) is 8.79. The van der Waals surface area contributed by atoms with Crippen molar-refractivity contribution in [3.63, 3.8) is 0 Å². The maximum atomic E-state index is 12.2. The quantitative estimate of drug-likeness (QED) is 0.741. The van der Waals surface area contributed by atoms with Crippen molar-refractivity contribution in [2.75, 3.05) is 23.3 Å². The standard InChI is InChI=1S/C24H30N4O2/c1-24(2,3)19-9-6-17(7-10-19)8-13-22(29)27-20-11-12-21(26-15-20)28-14-4-5-18(16-28)23(25)30/h6-13,15,18H,4-5,14,16H2,1-3H3,(H2,25,30)(H,27,29)/b13-8+. The Morgan fingerprint density at radius 2 is 1.90 bits per heavy atom. The van der Waals surface area contributed by atoms with Crippen molar-refractivity contribution in [1.29, 1.82) is 0 Å². The Balaban J connectivity index is 1.56. The first kappa shape index (κ1) is 21.6. The molecule has 2 aromatic rings. The molecule has 0 saturated carbocycles. The van der Waals surface area contributed by atoms with Gasteiger partial charge in [0.15, 0.2) is 0 Å². The summed E-state index contributed by atoms with van der Waals surface area (Å²) in [5, 5.41) is 2.82. The average Bonchev–Trinajstić information content (AvgIpc) is 2.72. The van der Waals surface area contributed by atoms with Crippen molar-refractivity contribution < 1.29 is 9.59 Å². The molecule has 1 saturated heterocycles. The van der Waals surface area contributed by atoms with Crippen molar-refractivity contribution in [2.45, 2.75) is 39.0 Å². The molecule has 1 atom stereocenters. The highest BCUT2D eigenvalue weighted by Crippen LogP contribution is 2.23. The molecule has 1 aliphatic rings. The molecule has 1 aliphatic heterocycles. The van der Waals surface area contributed by atoms with E-state index in [4.69, 9.17) is 5.73 Å². The minimum Gasteiger partial charge on any atom is -0.369 e. The van der Waals surface area contributed by atoms with Gasteiger partial charge in [-0.25, -0.2) is 4.98 Å². The molecule has 6 heteroatoms. The first-order chi connectivity index (χ1) is 14.2. The molecule has 1 fully saturated rings. The van der Waals surface area contributed by atoms with Gasteiger partial charge in [0.25, 0.3) is 0 Å². The molecule has 0 bridgehead atoms. The molecule has 0 spiro atoms. The van der Waals surface area contributed by atoms with Crippen LogP contribution in [0.4, 0.5) is 11.5 Å². The highest BCUT2D eigenvalue weighted by atomic mass is 16.1. The second kappa shape index (κ2) is 9.11. The predicted octanol–water partition coefficient (Wildman–Crippen LogP) is 3.73. The molecule has 0 aliphatic carbocycles. The van der Waals surface area contributed by atoms with Crippen molar-refractivity contribution >= 4 is 29.4 Å². The van der Waals surface area contributed by atoms with Crippen LogP contribution in [-0.4, -0.2) is 29.9 Å². The van der Waals surface area contributed by atoms with Crippen LogP contribution in [0.5, 0.6) is 0 Å². The maximum absolute atomic E-state index is 12.2. The lowest BCUT2D eigenvalue weighted by Crippen LogP contribution is -2.41. The lowest BCUT2D eigenvalue weighted by molar-refractivity contribution is -0.122. The molecular formula is C24H30N4O2. The van der Waals surface area contributed by atoms with Crippen LogP contribution < -0.4 is 16.0 Å². The molecule has 3 N–H and O–H groups in total. The number of carbonyl (C=O) groups is 2. The van der Waals surface area contributed by atoms with Crippen molar-refractivity contribution in [2.24, 2.45) is 11.7 Å². The van der Waals surface area contributed by atoms with E-state index in [9.17, 15) is 9.59 Å². The summed E-state index contributed by atoms with van der Waals surface area (Å²) in [6, 6.07) is 11.9. The van der Waals surface area contributed by atoms with Crippen LogP contribution in [0.3, 0.4) is 0 Å². The Hall–Kier alpha value is -3.15. The largest absolute Gasteiger partial charge is 0.369 e. The molecule has 1 unspecified atom stereocenters. The third-order valence-corrected chi connectivity index (χ3v) is 5.37. The van der Waals surface area contributed by atoms with Crippen LogP contribution in [0.2, 0.25) is 0 Å². The Labute approximate surface area is 178 Å². The van der Waals surface area contributed by atoms with Crippen LogP contribution in [0, 0.1) is 5.92 Å². The van der Waals surface area contributed by atoms with E-state index in [-0.39, 0.29) is 23.1 Å². The molecule has 6 nitrogen and oxygen atoms in total. The highest BCUT2D eigenvalue weighted by Gasteiger charge is 2.24. The van der Waals surface area contributed by atoms with Gasteiger partial charge < -0.3 is 16.0 Å². The fraction of sp³-hybridized carbons (Fsp3) is 0.375. The molecular weight excluding hydrogens is 376 g/mol. The third-order valence-electron chi connectivity index (χ3n) is 5.37. The molecule has 158 valence electrons. The van der Waals surface area contributed by atoms with E-state index in [1.54, 1.807) is 12.3 Å². The summed E-state index contributed by atoms with van der Waals surface area (Å²) in [5.74, 6) is 0.176. The van der Waals surface area contributed by atoms with Crippen LogP contribution >= 0.6 is 0 Å². The number of aromatic nitrogens is 1. The number of carbonyl (C=O) groups excluding carboxylic acids is 2. The number of nitrogens with zero attached hydrogens (tertiary/aromatic N) is 2. The fourth-order valence-corrected chi connectivity index (χ4v) is 3.51. The maximum Gasteiger partial charge on any atom is 0.248 e. The van der Waals surface area contributed by atoms with Gasteiger partial charge >= 0.3 is 0 Å². The summed E-state index contributed by atoms with van der Waals surface area (Å²) < 4.78 is 0. The zero-order chi connectivity index (χ0) is 21.7. The fourth-order valence-electron chi connectivity index (χ4n) is 3.51. The van der Waals surface area contributed by atoms with Gasteiger partial charge in [-0.05, 0) is 47.6 Å². The lowest BCUT2D eigenvalue weighted by atomic mass is 9.87. The molecule has 3 rings (SSSR count). The number of nitrogens with one attached hydrogen (secondary N) is 1.